The zero-order valence-corrected chi connectivity index (χ0v) is 19.1. The highest BCUT2D eigenvalue weighted by atomic mass is 32.2. The van der Waals surface area contributed by atoms with Gasteiger partial charge in [0.15, 0.2) is 6.29 Å². The Bertz CT molecular complexity index is 526. The summed E-state index contributed by atoms with van der Waals surface area (Å²) in [5.41, 5.74) is 1.64. The first-order valence-corrected chi connectivity index (χ1v) is 11.8. The lowest BCUT2D eigenvalue weighted by Gasteiger charge is -2.34. The zero-order valence-electron chi connectivity index (χ0n) is 18.3. The van der Waals surface area contributed by atoms with Gasteiger partial charge >= 0.3 is 0 Å². The first kappa shape index (κ1) is 22.6. The van der Waals surface area contributed by atoms with Crippen molar-refractivity contribution in [3.8, 4) is 5.75 Å². The van der Waals surface area contributed by atoms with Crippen molar-refractivity contribution in [2.24, 2.45) is 11.3 Å². The van der Waals surface area contributed by atoms with E-state index in [1.807, 2.05) is 6.92 Å². The number of rotatable bonds is 9. The van der Waals surface area contributed by atoms with Crippen LogP contribution in [0.3, 0.4) is 0 Å². The van der Waals surface area contributed by atoms with Gasteiger partial charge in [0.05, 0.1) is 6.61 Å². The molecule has 1 aliphatic rings. The maximum absolute atomic E-state index is 5.96. The van der Waals surface area contributed by atoms with Crippen molar-refractivity contribution >= 4 is 11.8 Å². The average molecular weight is 393 g/mol. The van der Waals surface area contributed by atoms with Crippen LogP contribution >= 0.6 is 11.8 Å². The van der Waals surface area contributed by atoms with Crippen LogP contribution in [0.4, 0.5) is 0 Å². The summed E-state index contributed by atoms with van der Waals surface area (Å²) in [6.45, 7) is 14.3. The third kappa shape index (κ3) is 7.69. The van der Waals surface area contributed by atoms with E-state index in [-0.39, 0.29) is 11.7 Å². The summed E-state index contributed by atoms with van der Waals surface area (Å²) >= 11 is 2.08. The molecule has 0 N–H and O–H groups in total. The first-order valence-electron chi connectivity index (χ1n) is 10.8. The van der Waals surface area contributed by atoms with Crippen LogP contribution in [0, 0.1) is 11.3 Å². The SMILES string of the molecule is CC(OCCSC1CCCCC1)Oc1ccc(C(C(C)C)C(C)(C)C)cc1. The Morgan fingerprint density at radius 3 is 2.19 bits per heavy atom. The molecule has 2 nitrogen and oxygen atoms in total. The van der Waals surface area contributed by atoms with E-state index in [0.717, 1.165) is 23.4 Å². The highest BCUT2D eigenvalue weighted by Crippen LogP contribution is 2.41. The molecular formula is C24H40O2S. The van der Waals surface area contributed by atoms with Crippen LogP contribution in [-0.4, -0.2) is 23.9 Å². The molecule has 1 fully saturated rings. The number of benzene rings is 1. The molecule has 1 aromatic carbocycles. The second-order valence-electron chi connectivity index (χ2n) is 9.34. The van der Waals surface area contributed by atoms with Gasteiger partial charge in [0.1, 0.15) is 5.75 Å². The van der Waals surface area contributed by atoms with Crippen molar-refractivity contribution in [1.82, 2.24) is 0 Å². The fourth-order valence-electron chi connectivity index (χ4n) is 4.52. The standard InChI is InChI=1S/C24H40O2S/c1-18(2)23(24(4,5)6)20-12-14-21(15-13-20)26-19(3)25-16-17-27-22-10-8-7-9-11-22/h12-15,18-19,22-23H,7-11,16-17H2,1-6H3. The van der Waals surface area contributed by atoms with E-state index in [1.54, 1.807) is 0 Å². The van der Waals surface area contributed by atoms with E-state index in [9.17, 15) is 0 Å². The second kappa shape index (κ2) is 10.8. The van der Waals surface area contributed by atoms with E-state index in [4.69, 9.17) is 9.47 Å². The van der Waals surface area contributed by atoms with Gasteiger partial charge in [0.2, 0.25) is 0 Å². The normalized spacial score (nSPS) is 18.5. The third-order valence-corrected chi connectivity index (χ3v) is 6.83. The van der Waals surface area contributed by atoms with Crippen molar-refractivity contribution in [3.63, 3.8) is 0 Å². The molecule has 0 amide bonds. The monoisotopic (exact) mass is 392 g/mol. The van der Waals surface area contributed by atoms with Gasteiger partial charge in [-0.15, -0.1) is 0 Å². The van der Waals surface area contributed by atoms with E-state index >= 15 is 0 Å². The van der Waals surface area contributed by atoms with Crippen LogP contribution in [-0.2, 0) is 4.74 Å². The number of hydrogen-bond acceptors (Lipinski definition) is 3. The largest absolute Gasteiger partial charge is 0.465 e. The fraction of sp³-hybridized carbons (Fsp3) is 0.750. The topological polar surface area (TPSA) is 18.5 Å². The van der Waals surface area contributed by atoms with Crippen LogP contribution in [0.15, 0.2) is 24.3 Å². The minimum atomic E-state index is -0.202. The van der Waals surface area contributed by atoms with E-state index < -0.39 is 0 Å². The maximum atomic E-state index is 5.96. The highest BCUT2D eigenvalue weighted by Gasteiger charge is 2.28. The van der Waals surface area contributed by atoms with Crippen LogP contribution in [0.1, 0.15) is 85.1 Å². The Hall–Kier alpha value is -0.670. The maximum Gasteiger partial charge on any atom is 0.197 e. The summed E-state index contributed by atoms with van der Waals surface area (Å²) in [7, 11) is 0. The molecule has 27 heavy (non-hydrogen) atoms. The minimum Gasteiger partial charge on any atom is -0.465 e. The summed E-state index contributed by atoms with van der Waals surface area (Å²) in [6, 6.07) is 8.62. The number of ether oxygens (including phenoxy) is 2. The fourth-order valence-corrected chi connectivity index (χ4v) is 5.72. The Kier molecular flexibility index (Phi) is 9.01. The Morgan fingerprint density at radius 1 is 1.00 bits per heavy atom. The van der Waals surface area contributed by atoms with Crippen molar-refractivity contribution < 1.29 is 9.47 Å². The molecule has 0 bridgehead atoms. The number of thioether (sulfide) groups is 1. The molecule has 2 unspecified atom stereocenters. The van der Waals surface area contributed by atoms with Gasteiger partial charge < -0.3 is 9.47 Å². The van der Waals surface area contributed by atoms with E-state index in [0.29, 0.717) is 11.8 Å². The van der Waals surface area contributed by atoms with Crippen molar-refractivity contribution in [3.05, 3.63) is 29.8 Å². The summed E-state index contributed by atoms with van der Waals surface area (Å²) in [4.78, 5) is 0. The van der Waals surface area contributed by atoms with E-state index in [2.05, 4.69) is 70.6 Å². The lowest BCUT2D eigenvalue weighted by Crippen LogP contribution is -2.23. The summed E-state index contributed by atoms with van der Waals surface area (Å²) < 4.78 is 11.8. The minimum absolute atomic E-state index is 0.202. The first-order chi connectivity index (χ1) is 12.8. The molecule has 0 aliphatic heterocycles. The van der Waals surface area contributed by atoms with E-state index in [1.165, 1.54) is 37.7 Å². The van der Waals surface area contributed by atoms with Crippen molar-refractivity contribution in [1.29, 1.82) is 0 Å². The Labute approximate surface area is 171 Å². The quantitative estimate of drug-likeness (QED) is 0.325. The summed E-state index contributed by atoms with van der Waals surface area (Å²) in [5, 5.41) is 0.850. The lowest BCUT2D eigenvalue weighted by molar-refractivity contribution is -0.0602. The van der Waals surface area contributed by atoms with Gasteiger partial charge in [-0.3, -0.25) is 0 Å². The molecule has 0 aromatic heterocycles. The lowest BCUT2D eigenvalue weighted by atomic mass is 9.70. The highest BCUT2D eigenvalue weighted by molar-refractivity contribution is 7.99. The molecule has 0 heterocycles. The predicted molar refractivity (Wildman–Crippen MR) is 119 cm³/mol. The predicted octanol–water partition coefficient (Wildman–Crippen LogP) is 7.28. The summed E-state index contributed by atoms with van der Waals surface area (Å²) in [5.74, 6) is 3.11. The summed E-state index contributed by atoms with van der Waals surface area (Å²) in [6.07, 6.45) is 6.79. The molecule has 0 spiro atoms. The molecule has 0 saturated heterocycles. The molecule has 0 radical (unpaired) electrons. The van der Waals surface area contributed by atoms with Crippen LogP contribution in [0.25, 0.3) is 0 Å². The van der Waals surface area contributed by atoms with Gasteiger partial charge in [-0.1, -0.05) is 66.0 Å². The molecule has 3 heteroatoms. The molecule has 1 aromatic rings. The molecular weight excluding hydrogens is 352 g/mol. The average Bonchev–Trinajstić information content (AvgIpc) is 2.60. The van der Waals surface area contributed by atoms with Gasteiger partial charge in [0, 0.05) is 11.0 Å². The molecule has 154 valence electrons. The molecule has 1 saturated carbocycles. The second-order valence-corrected chi connectivity index (χ2v) is 10.8. The Morgan fingerprint density at radius 2 is 1.63 bits per heavy atom. The van der Waals surface area contributed by atoms with Gasteiger partial charge in [-0.25, -0.2) is 0 Å². The van der Waals surface area contributed by atoms with Crippen LogP contribution < -0.4 is 4.74 Å². The zero-order chi connectivity index (χ0) is 19.9. The molecule has 2 atom stereocenters. The molecule has 2 rings (SSSR count). The van der Waals surface area contributed by atoms with Crippen LogP contribution in [0.5, 0.6) is 5.75 Å². The Balaban J connectivity index is 1.76. The van der Waals surface area contributed by atoms with Gasteiger partial charge in [0.25, 0.3) is 0 Å². The van der Waals surface area contributed by atoms with Crippen molar-refractivity contribution in [2.75, 3.05) is 12.4 Å². The van der Waals surface area contributed by atoms with Crippen LogP contribution in [0.2, 0.25) is 0 Å². The molecule has 1 aliphatic carbocycles. The van der Waals surface area contributed by atoms with Gasteiger partial charge in [-0.2, -0.15) is 11.8 Å². The third-order valence-electron chi connectivity index (χ3n) is 5.48. The van der Waals surface area contributed by atoms with Crippen molar-refractivity contribution in [2.45, 2.75) is 91.1 Å². The van der Waals surface area contributed by atoms with Gasteiger partial charge in [-0.05, 0) is 54.7 Å². The smallest absolute Gasteiger partial charge is 0.197 e. The number of hydrogen-bond donors (Lipinski definition) is 0.